The minimum atomic E-state index is -3.77. The van der Waals surface area contributed by atoms with Gasteiger partial charge in [0.05, 0.1) is 11.0 Å². The molecule has 1 saturated heterocycles. The first-order valence-electron chi connectivity index (χ1n) is 9.46. The molecule has 0 spiro atoms. The molecule has 0 aromatic heterocycles. The van der Waals surface area contributed by atoms with Crippen LogP contribution in [0.15, 0.2) is 35.2 Å². The molecule has 6 nitrogen and oxygen atoms in total. The van der Waals surface area contributed by atoms with Gasteiger partial charge in [-0.3, -0.25) is 4.79 Å². The lowest BCUT2D eigenvalue weighted by Gasteiger charge is -2.28. The molecule has 29 heavy (non-hydrogen) atoms. The first kappa shape index (κ1) is 21.4. The number of benzene rings is 2. The van der Waals surface area contributed by atoms with Crippen molar-refractivity contribution in [2.45, 2.75) is 44.6 Å². The van der Waals surface area contributed by atoms with E-state index >= 15 is 0 Å². The van der Waals surface area contributed by atoms with E-state index in [0.717, 1.165) is 0 Å². The number of nitrogens with one attached hydrogen (secondary N) is 1. The second-order valence-corrected chi connectivity index (χ2v) is 9.40. The van der Waals surface area contributed by atoms with Gasteiger partial charge in [0.15, 0.2) is 0 Å². The van der Waals surface area contributed by atoms with Gasteiger partial charge in [0, 0.05) is 24.3 Å². The topological polar surface area (TPSA) is 86.7 Å². The van der Waals surface area contributed by atoms with Crippen LogP contribution in [0.3, 0.4) is 0 Å². The fraction of sp³-hybridized carbons (Fsp3) is 0.381. The molecule has 3 rings (SSSR count). The molecule has 0 unspecified atom stereocenters. The van der Waals surface area contributed by atoms with Crippen LogP contribution < -0.4 is 5.32 Å². The summed E-state index contributed by atoms with van der Waals surface area (Å²) in [5.74, 6) is -0.920. The quantitative estimate of drug-likeness (QED) is 0.796. The van der Waals surface area contributed by atoms with Gasteiger partial charge in [-0.25, -0.2) is 12.8 Å². The van der Waals surface area contributed by atoms with Gasteiger partial charge >= 0.3 is 0 Å². The second-order valence-electron chi connectivity index (χ2n) is 7.47. The molecule has 2 N–H and O–H groups in total. The van der Waals surface area contributed by atoms with Crippen LogP contribution in [0.1, 0.15) is 39.9 Å². The number of aliphatic hydroxyl groups is 1. The molecule has 0 saturated carbocycles. The van der Waals surface area contributed by atoms with E-state index in [1.807, 2.05) is 0 Å². The highest BCUT2D eigenvalue weighted by atomic mass is 32.2. The molecule has 0 aliphatic carbocycles. The highest BCUT2D eigenvalue weighted by Gasteiger charge is 2.29. The highest BCUT2D eigenvalue weighted by molar-refractivity contribution is 7.89. The molecule has 2 aromatic rings. The predicted molar refractivity (Wildman–Crippen MR) is 109 cm³/mol. The van der Waals surface area contributed by atoms with Crippen LogP contribution in [0.2, 0.25) is 0 Å². The maximum absolute atomic E-state index is 14.0. The SMILES string of the molecule is Cc1ccc(S(=O)(=O)N2CCC(O)CC2)cc1C(=O)Nc1cc(C)c(C)c(F)c1. The fourth-order valence-electron chi connectivity index (χ4n) is 3.32. The molecule has 1 aliphatic rings. The van der Waals surface area contributed by atoms with E-state index in [2.05, 4.69) is 5.32 Å². The summed E-state index contributed by atoms with van der Waals surface area (Å²) in [4.78, 5) is 12.8. The average molecular weight is 421 g/mol. The van der Waals surface area contributed by atoms with Crippen molar-refractivity contribution < 1.29 is 22.7 Å². The minimum absolute atomic E-state index is 0.0240. The standard InChI is InChI=1S/C21H25FN2O4S/c1-13-4-5-18(29(27,28)24-8-6-17(25)7-9-24)12-19(13)21(26)23-16-10-14(2)15(3)20(22)11-16/h4-5,10-12,17,25H,6-9H2,1-3H3,(H,23,26). The van der Waals surface area contributed by atoms with E-state index in [9.17, 15) is 22.7 Å². The molecular weight excluding hydrogens is 395 g/mol. The lowest BCUT2D eigenvalue weighted by molar-refractivity contribution is 0.102. The number of sulfonamides is 1. The maximum atomic E-state index is 14.0. The Morgan fingerprint density at radius 2 is 1.76 bits per heavy atom. The zero-order valence-corrected chi connectivity index (χ0v) is 17.5. The maximum Gasteiger partial charge on any atom is 0.255 e. The van der Waals surface area contributed by atoms with Crippen molar-refractivity contribution >= 4 is 21.6 Å². The molecule has 156 valence electrons. The molecule has 0 bridgehead atoms. The predicted octanol–water partition coefficient (Wildman–Crippen LogP) is 3.15. The number of anilines is 1. The lowest BCUT2D eigenvalue weighted by atomic mass is 10.1. The summed E-state index contributed by atoms with van der Waals surface area (Å²) in [7, 11) is -3.77. The van der Waals surface area contributed by atoms with Crippen LogP contribution in [0.25, 0.3) is 0 Å². The molecule has 1 amide bonds. The molecule has 8 heteroatoms. The van der Waals surface area contributed by atoms with Crippen LogP contribution in [-0.4, -0.2) is 42.9 Å². The number of halogens is 1. The van der Waals surface area contributed by atoms with E-state index in [1.54, 1.807) is 32.9 Å². The monoisotopic (exact) mass is 420 g/mol. The zero-order valence-electron chi connectivity index (χ0n) is 16.7. The van der Waals surface area contributed by atoms with Gasteiger partial charge in [0.2, 0.25) is 10.0 Å². The van der Waals surface area contributed by atoms with Gasteiger partial charge in [-0.05, 0) is 74.6 Å². The number of nitrogens with zero attached hydrogens (tertiary/aromatic N) is 1. The number of rotatable bonds is 4. The van der Waals surface area contributed by atoms with Crippen molar-refractivity contribution in [3.63, 3.8) is 0 Å². The highest BCUT2D eigenvalue weighted by Crippen LogP contribution is 2.24. The molecule has 1 fully saturated rings. The molecule has 0 atom stereocenters. The summed E-state index contributed by atoms with van der Waals surface area (Å²) in [5.41, 5.74) is 2.36. The molecular formula is C21H25FN2O4S. The largest absolute Gasteiger partial charge is 0.393 e. The van der Waals surface area contributed by atoms with Crippen molar-refractivity contribution in [3.05, 3.63) is 58.4 Å². The number of hydrogen-bond donors (Lipinski definition) is 2. The van der Waals surface area contributed by atoms with Gasteiger partial charge in [-0.1, -0.05) is 6.07 Å². The lowest BCUT2D eigenvalue weighted by Crippen LogP contribution is -2.40. The van der Waals surface area contributed by atoms with E-state index in [0.29, 0.717) is 35.2 Å². The third-order valence-electron chi connectivity index (χ3n) is 5.38. The van der Waals surface area contributed by atoms with Gasteiger partial charge < -0.3 is 10.4 Å². The van der Waals surface area contributed by atoms with Gasteiger partial charge in [-0.15, -0.1) is 0 Å². The van der Waals surface area contributed by atoms with E-state index < -0.39 is 27.9 Å². The van der Waals surface area contributed by atoms with Crippen LogP contribution >= 0.6 is 0 Å². The van der Waals surface area contributed by atoms with E-state index in [1.165, 1.54) is 22.5 Å². The van der Waals surface area contributed by atoms with Crippen molar-refractivity contribution in [2.24, 2.45) is 0 Å². The second kappa shape index (κ2) is 8.22. The number of hydrogen-bond acceptors (Lipinski definition) is 4. The smallest absolute Gasteiger partial charge is 0.255 e. The molecule has 2 aromatic carbocycles. The molecule has 0 radical (unpaired) electrons. The fourth-order valence-corrected chi connectivity index (χ4v) is 4.82. The Kier molecular flexibility index (Phi) is 6.07. The number of carbonyl (C=O) groups is 1. The van der Waals surface area contributed by atoms with Crippen molar-refractivity contribution in [1.29, 1.82) is 0 Å². The Morgan fingerprint density at radius 1 is 1.10 bits per heavy atom. The molecule has 1 heterocycles. The van der Waals surface area contributed by atoms with Crippen molar-refractivity contribution in [2.75, 3.05) is 18.4 Å². The number of aryl methyl sites for hydroxylation is 2. The Labute approximate surface area is 170 Å². The first-order valence-corrected chi connectivity index (χ1v) is 10.9. The summed E-state index contributed by atoms with van der Waals surface area (Å²) < 4.78 is 41.2. The minimum Gasteiger partial charge on any atom is -0.393 e. The van der Waals surface area contributed by atoms with Crippen molar-refractivity contribution in [1.82, 2.24) is 4.31 Å². The van der Waals surface area contributed by atoms with Gasteiger partial charge in [0.1, 0.15) is 5.82 Å². The number of carbonyl (C=O) groups excluding carboxylic acids is 1. The van der Waals surface area contributed by atoms with Crippen LogP contribution in [0.4, 0.5) is 10.1 Å². The van der Waals surface area contributed by atoms with E-state index in [-0.39, 0.29) is 23.5 Å². The third-order valence-corrected chi connectivity index (χ3v) is 7.27. The van der Waals surface area contributed by atoms with Crippen LogP contribution in [-0.2, 0) is 10.0 Å². The molecule has 1 aliphatic heterocycles. The Morgan fingerprint density at radius 3 is 2.38 bits per heavy atom. The number of amides is 1. The first-order chi connectivity index (χ1) is 13.6. The Balaban J connectivity index is 1.88. The average Bonchev–Trinajstić information content (AvgIpc) is 2.66. The normalized spacial score (nSPS) is 16.0. The zero-order chi connectivity index (χ0) is 21.3. The summed E-state index contributed by atoms with van der Waals surface area (Å²) in [6, 6.07) is 7.33. The van der Waals surface area contributed by atoms with Gasteiger partial charge in [-0.2, -0.15) is 4.31 Å². The van der Waals surface area contributed by atoms with Crippen LogP contribution in [0, 0.1) is 26.6 Å². The van der Waals surface area contributed by atoms with Gasteiger partial charge in [0.25, 0.3) is 5.91 Å². The third kappa shape index (κ3) is 4.49. The van der Waals surface area contributed by atoms with Crippen LogP contribution in [0.5, 0.6) is 0 Å². The summed E-state index contributed by atoms with van der Waals surface area (Å²) >= 11 is 0. The van der Waals surface area contributed by atoms with Crippen molar-refractivity contribution in [3.8, 4) is 0 Å². The van der Waals surface area contributed by atoms with E-state index in [4.69, 9.17) is 0 Å². The summed E-state index contributed by atoms with van der Waals surface area (Å²) in [6.07, 6.45) is 0.284. The number of piperidine rings is 1. The summed E-state index contributed by atoms with van der Waals surface area (Å²) in [5, 5.41) is 12.3. The number of aliphatic hydroxyl groups excluding tert-OH is 1. The summed E-state index contributed by atoms with van der Waals surface area (Å²) in [6.45, 7) is 5.60. The Hall–Kier alpha value is -2.29. The Bertz CT molecular complexity index is 1020.